The molecule has 0 spiro atoms. The first kappa shape index (κ1) is 20.3. The number of ether oxygens (including phenoxy) is 2. The average molecular weight is 389 g/mol. The maximum atomic E-state index is 13.3. The van der Waals surface area contributed by atoms with E-state index in [4.69, 9.17) is 9.47 Å². The number of carbonyl (C=O) groups is 2. The molecule has 2 heterocycles. The summed E-state index contributed by atoms with van der Waals surface area (Å²) in [5.74, 6) is 1.69. The van der Waals surface area contributed by atoms with Gasteiger partial charge in [0.15, 0.2) is 0 Å². The number of piperidine rings is 1. The monoisotopic (exact) mass is 389 g/mol. The summed E-state index contributed by atoms with van der Waals surface area (Å²) in [6.45, 7) is 2.05. The third-order valence-electron chi connectivity index (χ3n) is 5.83. The predicted molar refractivity (Wildman–Crippen MR) is 107 cm³/mol. The number of methoxy groups -OCH3 is 2. The Morgan fingerprint density at radius 3 is 2.36 bits per heavy atom. The van der Waals surface area contributed by atoms with Crippen molar-refractivity contribution in [2.75, 3.05) is 47.9 Å². The molecule has 2 saturated heterocycles. The lowest BCUT2D eigenvalue weighted by molar-refractivity contribution is -0.137. The molecule has 1 atom stereocenters. The summed E-state index contributed by atoms with van der Waals surface area (Å²) < 4.78 is 10.9. The molecule has 1 aromatic rings. The van der Waals surface area contributed by atoms with Crippen LogP contribution in [0.4, 0.5) is 4.79 Å². The molecule has 7 nitrogen and oxygen atoms in total. The molecule has 2 aliphatic heterocycles. The fraction of sp³-hybridized carbons (Fsp3) is 0.619. The Bertz CT molecular complexity index is 714. The van der Waals surface area contributed by atoms with Gasteiger partial charge in [-0.1, -0.05) is 0 Å². The topological polar surface area (TPSA) is 62.3 Å². The van der Waals surface area contributed by atoms with Crippen LogP contribution in [0.5, 0.6) is 11.5 Å². The second-order valence-corrected chi connectivity index (χ2v) is 7.74. The van der Waals surface area contributed by atoms with Gasteiger partial charge in [-0.15, -0.1) is 0 Å². The van der Waals surface area contributed by atoms with Gasteiger partial charge in [0.05, 0.1) is 20.3 Å². The Morgan fingerprint density at radius 2 is 1.75 bits per heavy atom. The van der Waals surface area contributed by atoms with E-state index in [1.807, 2.05) is 28.0 Å². The van der Waals surface area contributed by atoms with Crippen LogP contribution in [-0.2, 0) is 4.79 Å². The second-order valence-electron chi connectivity index (χ2n) is 7.74. The number of urea groups is 1. The zero-order valence-electron chi connectivity index (χ0n) is 17.3. The Kier molecular flexibility index (Phi) is 6.31. The Labute approximate surface area is 167 Å². The van der Waals surface area contributed by atoms with E-state index in [-0.39, 0.29) is 23.9 Å². The van der Waals surface area contributed by atoms with Crippen LogP contribution in [0.15, 0.2) is 18.2 Å². The van der Waals surface area contributed by atoms with Crippen LogP contribution in [0.2, 0.25) is 0 Å². The summed E-state index contributed by atoms with van der Waals surface area (Å²) in [6, 6.07) is 5.86. The van der Waals surface area contributed by atoms with E-state index in [0.29, 0.717) is 13.1 Å². The standard InChI is InChI=1S/C21H31N3O4/c1-22(2)21(26)23-12-9-15(10-13-23)20(25)24-11-5-6-18(24)17-8-7-16(27-3)14-19(17)28-4/h7-8,14-15,18H,5-6,9-13H2,1-4H3. The van der Waals surface area contributed by atoms with E-state index in [1.165, 1.54) is 0 Å². The molecule has 28 heavy (non-hydrogen) atoms. The number of carbonyl (C=O) groups excluding carboxylic acids is 2. The molecule has 0 N–H and O–H groups in total. The lowest BCUT2D eigenvalue weighted by atomic mass is 9.94. The number of hydrogen-bond donors (Lipinski definition) is 0. The average Bonchev–Trinajstić information content (AvgIpc) is 3.21. The minimum Gasteiger partial charge on any atom is -0.497 e. The number of benzene rings is 1. The van der Waals surface area contributed by atoms with Gasteiger partial charge in [0, 0.05) is 51.3 Å². The summed E-state index contributed by atoms with van der Waals surface area (Å²) >= 11 is 0. The Morgan fingerprint density at radius 1 is 1.04 bits per heavy atom. The lowest BCUT2D eigenvalue weighted by Crippen LogP contribution is -2.47. The summed E-state index contributed by atoms with van der Waals surface area (Å²) in [6.07, 6.45) is 3.37. The third-order valence-corrected chi connectivity index (χ3v) is 5.83. The van der Waals surface area contributed by atoms with Crippen molar-refractivity contribution < 1.29 is 19.1 Å². The number of amides is 3. The molecular formula is C21H31N3O4. The number of rotatable bonds is 4. The molecule has 2 fully saturated rings. The minimum absolute atomic E-state index is 0.0175. The minimum atomic E-state index is -0.0175. The van der Waals surface area contributed by atoms with Gasteiger partial charge in [-0.3, -0.25) is 4.79 Å². The van der Waals surface area contributed by atoms with Gasteiger partial charge >= 0.3 is 6.03 Å². The molecular weight excluding hydrogens is 358 g/mol. The van der Waals surface area contributed by atoms with Crippen molar-refractivity contribution in [3.8, 4) is 11.5 Å². The van der Waals surface area contributed by atoms with Crippen molar-refractivity contribution in [2.45, 2.75) is 31.7 Å². The number of likely N-dealkylation sites (tertiary alicyclic amines) is 2. The van der Waals surface area contributed by atoms with Crippen molar-refractivity contribution in [3.63, 3.8) is 0 Å². The number of hydrogen-bond acceptors (Lipinski definition) is 4. The summed E-state index contributed by atoms with van der Waals surface area (Å²) in [4.78, 5) is 30.8. The molecule has 0 aromatic heterocycles. The molecule has 7 heteroatoms. The van der Waals surface area contributed by atoms with Crippen LogP contribution in [0, 0.1) is 5.92 Å². The van der Waals surface area contributed by atoms with Crippen LogP contribution in [0.1, 0.15) is 37.3 Å². The van der Waals surface area contributed by atoms with Crippen LogP contribution >= 0.6 is 0 Å². The molecule has 0 aliphatic carbocycles. The SMILES string of the molecule is COc1ccc(C2CCCN2C(=O)C2CCN(C(=O)N(C)C)CC2)c(OC)c1. The van der Waals surface area contributed by atoms with Crippen molar-refractivity contribution in [1.82, 2.24) is 14.7 Å². The van der Waals surface area contributed by atoms with Gasteiger partial charge in [0.1, 0.15) is 11.5 Å². The Balaban J connectivity index is 1.70. The highest BCUT2D eigenvalue weighted by Gasteiger charge is 2.37. The van der Waals surface area contributed by atoms with E-state index < -0.39 is 0 Å². The predicted octanol–water partition coefficient (Wildman–Crippen LogP) is 2.76. The molecule has 3 rings (SSSR count). The van der Waals surface area contributed by atoms with E-state index in [2.05, 4.69) is 0 Å². The van der Waals surface area contributed by atoms with Crippen LogP contribution in [0.3, 0.4) is 0 Å². The molecule has 1 unspecified atom stereocenters. The van der Waals surface area contributed by atoms with Crippen molar-refractivity contribution in [2.24, 2.45) is 5.92 Å². The lowest BCUT2D eigenvalue weighted by Gasteiger charge is -2.36. The van der Waals surface area contributed by atoms with Crippen molar-refractivity contribution in [1.29, 1.82) is 0 Å². The smallest absolute Gasteiger partial charge is 0.319 e. The molecule has 1 aromatic carbocycles. The maximum absolute atomic E-state index is 13.3. The van der Waals surface area contributed by atoms with Gasteiger partial charge in [0.25, 0.3) is 0 Å². The summed E-state index contributed by atoms with van der Waals surface area (Å²) in [5, 5.41) is 0. The second kappa shape index (κ2) is 8.71. The Hall–Kier alpha value is -2.44. The van der Waals surface area contributed by atoms with Crippen molar-refractivity contribution >= 4 is 11.9 Å². The van der Waals surface area contributed by atoms with Crippen LogP contribution in [0.25, 0.3) is 0 Å². The molecule has 0 saturated carbocycles. The van der Waals surface area contributed by atoms with E-state index in [9.17, 15) is 9.59 Å². The molecule has 2 aliphatic rings. The van der Waals surface area contributed by atoms with E-state index >= 15 is 0 Å². The van der Waals surface area contributed by atoms with Gasteiger partial charge in [-0.05, 0) is 37.8 Å². The first-order valence-corrected chi connectivity index (χ1v) is 9.95. The fourth-order valence-electron chi connectivity index (χ4n) is 4.28. The highest BCUT2D eigenvalue weighted by Crippen LogP contribution is 2.40. The highest BCUT2D eigenvalue weighted by atomic mass is 16.5. The molecule has 3 amide bonds. The fourth-order valence-corrected chi connectivity index (χ4v) is 4.28. The molecule has 154 valence electrons. The van der Waals surface area contributed by atoms with E-state index in [1.54, 1.807) is 33.2 Å². The van der Waals surface area contributed by atoms with E-state index in [0.717, 1.165) is 49.3 Å². The van der Waals surface area contributed by atoms with Gasteiger partial charge in [0.2, 0.25) is 5.91 Å². The first-order chi connectivity index (χ1) is 13.5. The summed E-state index contributed by atoms with van der Waals surface area (Å²) in [7, 11) is 6.80. The summed E-state index contributed by atoms with van der Waals surface area (Å²) in [5.41, 5.74) is 1.04. The quantitative estimate of drug-likeness (QED) is 0.794. The van der Waals surface area contributed by atoms with Crippen LogP contribution < -0.4 is 9.47 Å². The highest BCUT2D eigenvalue weighted by molar-refractivity contribution is 5.80. The van der Waals surface area contributed by atoms with Gasteiger partial charge in [-0.25, -0.2) is 4.79 Å². The van der Waals surface area contributed by atoms with Gasteiger partial charge in [-0.2, -0.15) is 0 Å². The zero-order valence-corrected chi connectivity index (χ0v) is 17.3. The third kappa shape index (κ3) is 4.03. The normalized spacial score (nSPS) is 20.2. The van der Waals surface area contributed by atoms with Crippen molar-refractivity contribution in [3.05, 3.63) is 23.8 Å². The van der Waals surface area contributed by atoms with Crippen LogP contribution in [-0.4, -0.2) is 74.6 Å². The molecule has 0 radical (unpaired) electrons. The zero-order chi connectivity index (χ0) is 20.3. The largest absolute Gasteiger partial charge is 0.497 e. The van der Waals surface area contributed by atoms with Gasteiger partial charge < -0.3 is 24.2 Å². The maximum Gasteiger partial charge on any atom is 0.319 e. The number of nitrogens with zero attached hydrogens (tertiary/aromatic N) is 3. The molecule has 0 bridgehead atoms. The first-order valence-electron chi connectivity index (χ1n) is 9.95.